The fourth-order valence-electron chi connectivity index (χ4n) is 2.25. The van der Waals surface area contributed by atoms with Crippen LogP contribution in [0.4, 0.5) is 0 Å². The highest BCUT2D eigenvalue weighted by Gasteiger charge is 2.36. The Morgan fingerprint density at radius 2 is 1.82 bits per heavy atom. The van der Waals surface area contributed by atoms with E-state index in [1.807, 2.05) is 6.07 Å². The van der Waals surface area contributed by atoms with Crippen LogP contribution >= 0.6 is 0 Å². The molecule has 0 heterocycles. The van der Waals surface area contributed by atoms with Crippen molar-refractivity contribution in [3.05, 3.63) is 23.8 Å². The summed E-state index contributed by atoms with van der Waals surface area (Å²) in [7, 11) is 3.09. The van der Waals surface area contributed by atoms with Crippen LogP contribution in [0, 0.1) is 0 Å². The summed E-state index contributed by atoms with van der Waals surface area (Å²) >= 11 is 0. The molecular weight excluding hydrogens is 286 g/mol. The minimum Gasteiger partial charge on any atom is -0.493 e. The van der Waals surface area contributed by atoms with Gasteiger partial charge in [0.15, 0.2) is 11.5 Å². The first-order valence-corrected chi connectivity index (χ1v) is 7.03. The molecule has 22 heavy (non-hydrogen) atoms. The van der Waals surface area contributed by atoms with Gasteiger partial charge in [0.05, 0.1) is 20.8 Å². The van der Waals surface area contributed by atoms with Gasteiger partial charge in [0, 0.05) is 13.3 Å². The number of methoxy groups -OCH3 is 2. The Morgan fingerprint density at radius 3 is 2.32 bits per heavy atom. The lowest BCUT2D eigenvalue weighted by Gasteiger charge is -2.28. The van der Waals surface area contributed by atoms with Crippen molar-refractivity contribution in [2.45, 2.75) is 32.7 Å². The number of esters is 1. The van der Waals surface area contributed by atoms with E-state index in [4.69, 9.17) is 14.2 Å². The van der Waals surface area contributed by atoms with E-state index in [1.165, 1.54) is 6.92 Å². The number of carbonyl (C=O) groups excluding carboxylic acids is 2. The van der Waals surface area contributed by atoms with Crippen LogP contribution in [0.25, 0.3) is 0 Å². The molecule has 6 nitrogen and oxygen atoms in total. The zero-order valence-electron chi connectivity index (χ0n) is 13.7. The standard InChI is InChI=1S/C16H23NO5/c1-6-22-15(19)16(3,17-11(2)18)10-12-7-8-13(20-4)14(9-12)21-5/h7-9H,6,10H2,1-5H3,(H,17,18)/t16-/m0/s1. The van der Waals surface area contributed by atoms with Gasteiger partial charge in [0.25, 0.3) is 0 Å². The molecule has 0 radical (unpaired) electrons. The van der Waals surface area contributed by atoms with E-state index >= 15 is 0 Å². The van der Waals surface area contributed by atoms with E-state index in [0.29, 0.717) is 11.5 Å². The van der Waals surface area contributed by atoms with E-state index < -0.39 is 11.5 Å². The number of nitrogens with one attached hydrogen (secondary N) is 1. The summed E-state index contributed by atoms with van der Waals surface area (Å²) < 4.78 is 15.5. The van der Waals surface area contributed by atoms with Gasteiger partial charge >= 0.3 is 5.97 Å². The van der Waals surface area contributed by atoms with E-state index in [1.54, 1.807) is 40.2 Å². The second kappa shape index (κ2) is 7.68. The molecule has 0 aliphatic heterocycles. The third kappa shape index (κ3) is 4.38. The average Bonchev–Trinajstić information content (AvgIpc) is 2.46. The largest absolute Gasteiger partial charge is 0.493 e. The van der Waals surface area contributed by atoms with Crippen LogP contribution in [0.3, 0.4) is 0 Å². The van der Waals surface area contributed by atoms with Gasteiger partial charge in [0.2, 0.25) is 5.91 Å². The van der Waals surface area contributed by atoms with Crippen molar-refractivity contribution in [2.24, 2.45) is 0 Å². The summed E-state index contributed by atoms with van der Waals surface area (Å²) in [6.07, 6.45) is 0.283. The van der Waals surface area contributed by atoms with Gasteiger partial charge in [-0.3, -0.25) is 4.79 Å². The Bertz CT molecular complexity index is 543. The number of hydrogen-bond acceptors (Lipinski definition) is 5. The molecule has 0 unspecified atom stereocenters. The molecular formula is C16H23NO5. The van der Waals surface area contributed by atoms with Crippen LogP contribution < -0.4 is 14.8 Å². The zero-order chi connectivity index (χ0) is 16.8. The maximum atomic E-state index is 12.2. The molecule has 1 atom stereocenters. The van der Waals surface area contributed by atoms with Crippen molar-refractivity contribution < 1.29 is 23.8 Å². The SMILES string of the molecule is CCOC(=O)[C@](C)(Cc1ccc(OC)c(OC)c1)NC(C)=O. The van der Waals surface area contributed by atoms with Gasteiger partial charge in [-0.25, -0.2) is 4.79 Å². The Labute approximate surface area is 130 Å². The third-order valence-electron chi connectivity index (χ3n) is 3.18. The van der Waals surface area contributed by atoms with Gasteiger partial charge in [-0.2, -0.15) is 0 Å². The molecule has 1 amide bonds. The first kappa shape index (κ1) is 17.8. The number of rotatable bonds is 7. The molecule has 0 aromatic heterocycles. The Morgan fingerprint density at radius 1 is 1.18 bits per heavy atom. The molecule has 0 aliphatic carbocycles. The van der Waals surface area contributed by atoms with Crippen LogP contribution in [0.1, 0.15) is 26.3 Å². The number of ether oxygens (including phenoxy) is 3. The summed E-state index contributed by atoms with van der Waals surface area (Å²) in [6.45, 7) is 4.98. The van der Waals surface area contributed by atoms with Crippen molar-refractivity contribution in [1.82, 2.24) is 5.32 Å². The van der Waals surface area contributed by atoms with E-state index in [-0.39, 0.29) is 18.9 Å². The lowest BCUT2D eigenvalue weighted by molar-refractivity contribution is -0.152. The second-order valence-electron chi connectivity index (χ2n) is 5.10. The number of carbonyl (C=O) groups is 2. The highest BCUT2D eigenvalue weighted by Crippen LogP contribution is 2.29. The molecule has 0 saturated carbocycles. The van der Waals surface area contributed by atoms with Crippen LogP contribution in [0.2, 0.25) is 0 Å². The normalized spacial score (nSPS) is 13.0. The van der Waals surface area contributed by atoms with Crippen molar-refractivity contribution in [3.8, 4) is 11.5 Å². The van der Waals surface area contributed by atoms with E-state index in [0.717, 1.165) is 5.56 Å². The first-order valence-electron chi connectivity index (χ1n) is 7.03. The topological polar surface area (TPSA) is 73.9 Å². The first-order chi connectivity index (χ1) is 10.4. The van der Waals surface area contributed by atoms with Gasteiger partial charge in [-0.05, 0) is 31.5 Å². The van der Waals surface area contributed by atoms with Crippen molar-refractivity contribution in [1.29, 1.82) is 0 Å². The molecule has 1 N–H and O–H groups in total. The zero-order valence-corrected chi connectivity index (χ0v) is 13.7. The number of amides is 1. The van der Waals surface area contributed by atoms with E-state index in [9.17, 15) is 9.59 Å². The maximum absolute atomic E-state index is 12.2. The number of benzene rings is 1. The van der Waals surface area contributed by atoms with Crippen LogP contribution in [0.15, 0.2) is 18.2 Å². The minimum atomic E-state index is -1.14. The van der Waals surface area contributed by atoms with Gasteiger partial charge in [0.1, 0.15) is 5.54 Å². The fraction of sp³-hybridized carbons (Fsp3) is 0.500. The Kier molecular flexibility index (Phi) is 6.22. The quantitative estimate of drug-likeness (QED) is 0.776. The highest BCUT2D eigenvalue weighted by molar-refractivity contribution is 5.87. The van der Waals surface area contributed by atoms with Gasteiger partial charge < -0.3 is 19.5 Å². The van der Waals surface area contributed by atoms with Crippen molar-refractivity contribution in [3.63, 3.8) is 0 Å². The summed E-state index contributed by atoms with van der Waals surface area (Å²) in [4.78, 5) is 23.6. The second-order valence-corrected chi connectivity index (χ2v) is 5.10. The van der Waals surface area contributed by atoms with Crippen molar-refractivity contribution in [2.75, 3.05) is 20.8 Å². The Balaban J connectivity index is 3.08. The minimum absolute atomic E-state index is 0.250. The summed E-state index contributed by atoms with van der Waals surface area (Å²) in [5, 5.41) is 2.67. The highest BCUT2D eigenvalue weighted by atomic mass is 16.5. The maximum Gasteiger partial charge on any atom is 0.331 e. The molecule has 0 bridgehead atoms. The van der Waals surface area contributed by atoms with Gasteiger partial charge in [-0.1, -0.05) is 6.07 Å². The van der Waals surface area contributed by atoms with Crippen LogP contribution in [0.5, 0.6) is 11.5 Å². The smallest absolute Gasteiger partial charge is 0.331 e. The molecule has 0 fully saturated rings. The summed E-state index contributed by atoms with van der Waals surface area (Å²) in [5.41, 5.74) is -0.316. The lowest BCUT2D eigenvalue weighted by atomic mass is 9.92. The predicted octanol–water partition coefficient (Wildman–Crippen LogP) is 1.70. The van der Waals surface area contributed by atoms with Crippen LogP contribution in [-0.4, -0.2) is 38.2 Å². The van der Waals surface area contributed by atoms with Crippen LogP contribution in [-0.2, 0) is 20.7 Å². The molecule has 1 rings (SSSR count). The molecule has 0 saturated heterocycles. The van der Waals surface area contributed by atoms with E-state index in [2.05, 4.69) is 5.32 Å². The molecule has 1 aromatic rings. The number of hydrogen-bond donors (Lipinski definition) is 1. The average molecular weight is 309 g/mol. The summed E-state index contributed by atoms with van der Waals surface area (Å²) in [6, 6.07) is 5.35. The summed E-state index contributed by atoms with van der Waals surface area (Å²) in [5.74, 6) is 0.397. The molecule has 0 aliphatic rings. The molecule has 1 aromatic carbocycles. The third-order valence-corrected chi connectivity index (χ3v) is 3.18. The molecule has 122 valence electrons. The monoisotopic (exact) mass is 309 g/mol. The predicted molar refractivity (Wildman–Crippen MR) is 82.1 cm³/mol. The fourth-order valence-corrected chi connectivity index (χ4v) is 2.25. The molecule has 0 spiro atoms. The van der Waals surface area contributed by atoms with Crippen molar-refractivity contribution >= 4 is 11.9 Å². The molecule has 6 heteroatoms. The van der Waals surface area contributed by atoms with Gasteiger partial charge in [-0.15, -0.1) is 0 Å². The lowest BCUT2D eigenvalue weighted by Crippen LogP contribution is -2.54. The Hall–Kier alpha value is -2.24.